The van der Waals surface area contributed by atoms with Crippen molar-refractivity contribution in [3.05, 3.63) is 30.1 Å². The molecular formula is C14H21N. The summed E-state index contributed by atoms with van der Waals surface area (Å²) in [4.78, 5) is 4.29. The standard InChI is InChI=1S/C14H21N/c1-2-8-14(9-4-3-5-10-14)13-7-6-11-15-12-13/h6-7,11-12H,2-5,8-10H2,1H3. The van der Waals surface area contributed by atoms with Gasteiger partial charge in [-0.15, -0.1) is 0 Å². The first-order chi connectivity index (χ1) is 7.37. The van der Waals surface area contributed by atoms with E-state index in [4.69, 9.17) is 0 Å². The summed E-state index contributed by atoms with van der Waals surface area (Å²) < 4.78 is 0. The minimum Gasteiger partial charge on any atom is -0.264 e. The fraction of sp³-hybridized carbons (Fsp3) is 0.643. The third-order valence-electron chi connectivity index (χ3n) is 3.81. The molecule has 1 aliphatic rings. The summed E-state index contributed by atoms with van der Waals surface area (Å²) in [6.07, 6.45) is 13.5. The van der Waals surface area contributed by atoms with Gasteiger partial charge in [0.05, 0.1) is 0 Å². The van der Waals surface area contributed by atoms with E-state index in [1.165, 1.54) is 50.5 Å². The zero-order valence-corrected chi connectivity index (χ0v) is 9.71. The molecule has 1 aromatic heterocycles. The molecule has 1 heteroatoms. The molecule has 82 valence electrons. The largest absolute Gasteiger partial charge is 0.264 e. The highest BCUT2D eigenvalue weighted by Crippen LogP contribution is 2.42. The van der Waals surface area contributed by atoms with Crippen LogP contribution in [0.15, 0.2) is 24.5 Å². The van der Waals surface area contributed by atoms with Crippen LogP contribution in [0.2, 0.25) is 0 Å². The van der Waals surface area contributed by atoms with Gasteiger partial charge in [0.1, 0.15) is 0 Å². The molecule has 0 aliphatic heterocycles. The number of hydrogen-bond donors (Lipinski definition) is 0. The average Bonchev–Trinajstić information content (AvgIpc) is 2.32. The van der Waals surface area contributed by atoms with Crippen LogP contribution in [0.5, 0.6) is 0 Å². The van der Waals surface area contributed by atoms with Crippen LogP contribution in [0.4, 0.5) is 0 Å². The first kappa shape index (κ1) is 10.7. The smallest absolute Gasteiger partial charge is 0.0305 e. The predicted octanol–water partition coefficient (Wildman–Crippen LogP) is 4.08. The lowest BCUT2D eigenvalue weighted by Gasteiger charge is -2.37. The fourth-order valence-corrected chi connectivity index (χ4v) is 3.07. The molecule has 0 N–H and O–H groups in total. The lowest BCUT2D eigenvalue weighted by molar-refractivity contribution is 0.271. The molecule has 0 aromatic carbocycles. The summed E-state index contributed by atoms with van der Waals surface area (Å²) >= 11 is 0. The van der Waals surface area contributed by atoms with Crippen molar-refractivity contribution in [2.45, 2.75) is 57.3 Å². The van der Waals surface area contributed by atoms with E-state index in [1.54, 1.807) is 0 Å². The molecule has 0 radical (unpaired) electrons. The maximum atomic E-state index is 4.29. The molecule has 1 fully saturated rings. The van der Waals surface area contributed by atoms with E-state index in [0.29, 0.717) is 5.41 Å². The highest BCUT2D eigenvalue weighted by Gasteiger charge is 2.32. The number of nitrogens with zero attached hydrogens (tertiary/aromatic N) is 1. The Bertz CT molecular complexity index is 280. The minimum atomic E-state index is 0.460. The van der Waals surface area contributed by atoms with E-state index >= 15 is 0 Å². The summed E-state index contributed by atoms with van der Waals surface area (Å²) in [5.74, 6) is 0. The molecule has 0 amide bonds. The zero-order valence-electron chi connectivity index (χ0n) is 9.71. The fourth-order valence-electron chi connectivity index (χ4n) is 3.07. The van der Waals surface area contributed by atoms with Crippen LogP contribution in [-0.4, -0.2) is 4.98 Å². The molecule has 0 bridgehead atoms. The highest BCUT2D eigenvalue weighted by molar-refractivity contribution is 5.22. The second-order valence-corrected chi connectivity index (χ2v) is 4.83. The Kier molecular flexibility index (Phi) is 3.40. The Labute approximate surface area is 92.9 Å². The van der Waals surface area contributed by atoms with Crippen molar-refractivity contribution in [2.24, 2.45) is 0 Å². The molecule has 15 heavy (non-hydrogen) atoms. The Morgan fingerprint density at radius 2 is 2.07 bits per heavy atom. The molecule has 1 aromatic rings. The van der Waals surface area contributed by atoms with Crippen LogP contribution in [0.25, 0.3) is 0 Å². The monoisotopic (exact) mass is 203 g/mol. The number of rotatable bonds is 3. The molecule has 0 spiro atoms. The zero-order chi connectivity index (χ0) is 10.6. The van der Waals surface area contributed by atoms with Crippen LogP contribution in [0.1, 0.15) is 57.4 Å². The van der Waals surface area contributed by atoms with Crippen molar-refractivity contribution in [3.8, 4) is 0 Å². The summed E-state index contributed by atoms with van der Waals surface area (Å²) in [7, 11) is 0. The molecule has 2 rings (SSSR count). The van der Waals surface area contributed by atoms with Gasteiger partial charge in [-0.1, -0.05) is 38.7 Å². The second-order valence-electron chi connectivity index (χ2n) is 4.83. The molecular weight excluding hydrogens is 182 g/mol. The highest BCUT2D eigenvalue weighted by atomic mass is 14.6. The maximum Gasteiger partial charge on any atom is 0.0305 e. The summed E-state index contributed by atoms with van der Waals surface area (Å²) in [6, 6.07) is 4.36. The number of aromatic nitrogens is 1. The van der Waals surface area contributed by atoms with Crippen LogP contribution in [-0.2, 0) is 5.41 Å². The van der Waals surface area contributed by atoms with Gasteiger partial charge in [0, 0.05) is 12.4 Å². The van der Waals surface area contributed by atoms with Gasteiger partial charge < -0.3 is 0 Å². The van der Waals surface area contributed by atoms with Crippen molar-refractivity contribution >= 4 is 0 Å². The van der Waals surface area contributed by atoms with E-state index in [2.05, 4.69) is 30.2 Å². The Balaban J connectivity index is 2.25. The van der Waals surface area contributed by atoms with Crippen molar-refractivity contribution in [1.82, 2.24) is 4.98 Å². The van der Waals surface area contributed by atoms with Crippen molar-refractivity contribution in [2.75, 3.05) is 0 Å². The van der Waals surface area contributed by atoms with Gasteiger partial charge in [0.2, 0.25) is 0 Å². The SMILES string of the molecule is CCCC1(c2cccnc2)CCCCC1. The third kappa shape index (κ3) is 2.22. The van der Waals surface area contributed by atoms with E-state index in [1.807, 2.05) is 6.20 Å². The molecule has 1 aliphatic carbocycles. The van der Waals surface area contributed by atoms with Crippen LogP contribution >= 0.6 is 0 Å². The molecule has 0 saturated heterocycles. The lowest BCUT2D eigenvalue weighted by Crippen LogP contribution is -2.28. The van der Waals surface area contributed by atoms with Gasteiger partial charge >= 0.3 is 0 Å². The average molecular weight is 203 g/mol. The predicted molar refractivity (Wildman–Crippen MR) is 63.9 cm³/mol. The second kappa shape index (κ2) is 4.78. The van der Waals surface area contributed by atoms with Crippen LogP contribution < -0.4 is 0 Å². The summed E-state index contributed by atoms with van der Waals surface area (Å²) in [5, 5.41) is 0. The molecule has 0 atom stereocenters. The molecule has 1 nitrogen and oxygen atoms in total. The van der Waals surface area contributed by atoms with Gasteiger partial charge in [-0.25, -0.2) is 0 Å². The normalized spacial score (nSPS) is 20.1. The Hall–Kier alpha value is -0.850. The Morgan fingerprint density at radius 3 is 2.67 bits per heavy atom. The van der Waals surface area contributed by atoms with Gasteiger partial charge in [-0.05, 0) is 36.3 Å². The van der Waals surface area contributed by atoms with Crippen molar-refractivity contribution in [3.63, 3.8) is 0 Å². The van der Waals surface area contributed by atoms with Gasteiger partial charge in [-0.2, -0.15) is 0 Å². The first-order valence-electron chi connectivity index (χ1n) is 6.28. The summed E-state index contributed by atoms with van der Waals surface area (Å²) in [6.45, 7) is 2.30. The topological polar surface area (TPSA) is 12.9 Å². The summed E-state index contributed by atoms with van der Waals surface area (Å²) in [5.41, 5.74) is 1.94. The maximum absolute atomic E-state index is 4.29. The lowest BCUT2D eigenvalue weighted by atomic mass is 9.67. The molecule has 1 saturated carbocycles. The Morgan fingerprint density at radius 1 is 1.27 bits per heavy atom. The number of hydrogen-bond acceptors (Lipinski definition) is 1. The van der Waals surface area contributed by atoms with Gasteiger partial charge in [0.25, 0.3) is 0 Å². The van der Waals surface area contributed by atoms with Crippen LogP contribution in [0, 0.1) is 0 Å². The van der Waals surface area contributed by atoms with E-state index in [-0.39, 0.29) is 0 Å². The van der Waals surface area contributed by atoms with E-state index in [0.717, 1.165) is 0 Å². The minimum absolute atomic E-state index is 0.460. The quantitative estimate of drug-likeness (QED) is 0.721. The molecule has 0 unspecified atom stereocenters. The van der Waals surface area contributed by atoms with Crippen molar-refractivity contribution in [1.29, 1.82) is 0 Å². The number of pyridine rings is 1. The van der Waals surface area contributed by atoms with E-state index < -0.39 is 0 Å². The molecule has 1 heterocycles. The van der Waals surface area contributed by atoms with Crippen LogP contribution in [0.3, 0.4) is 0 Å². The third-order valence-corrected chi connectivity index (χ3v) is 3.81. The van der Waals surface area contributed by atoms with E-state index in [9.17, 15) is 0 Å². The van der Waals surface area contributed by atoms with Gasteiger partial charge in [-0.3, -0.25) is 4.98 Å². The first-order valence-corrected chi connectivity index (χ1v) is 6.28. The van der Waals surface area contributed by atoms with Crippen molar-refractivity contribution < 1.29 is 0 Å². The van der Waals surface area contributed by atoms with Gasteiger partial charge in [0.15, 0.2) is 0 Å².